The average Bonchev–Trinajstić information content (AvgIpc) is 2.90. The number of carbonyl (C=O) groups is 2. The summed E-state index contributed by atoms with van der Waals surface area (Å²) in [4.78, 5) is 32.9. The third-order valence-corrected chi connectivity index (χ3v) is 4.83. The zero-order valence-electron chi connectivity index (χ0n) is 15.9. The lowest BCUT2D eigenvalue weighted by molar-refractivity contribution is -0.117. The summed E-state index contributed by atoms with van der Waals surface area (Å²) in [5.74, 6) is 0.00912. The van der Waals surface area contributed by atoms with Crippen molar-refractivity contribution in [2.75, 3.05) is 38.0 Å². The number of pyridine rings is 1. The van der Waals surface area contributed by atoms with Gasteiger partial charge in [0.15, 0.2) is 0 Å². The molecule has 0 aliphatic carbocycles. The molecule has 0 saturated carbocycles. The minimum absolute atomic E-state index is 0.0177. The molecule has 1 saturated heterocycles. The van der Waals surface area contributed by atoms with Crippen molar-refractivity contribution >= 4 is 17.5 Å². The lowest BCUT2D eigenvalue weighted by atomic mass is 10.1. The summed E-state index contributed by atoms with van der Waals surface area (Å²) >= 11 is 0. The highest BCUT2D eigenvalue weighted by molar-refractivity contribution is 5.94. The minimum atomic E-state index is -0.0177. The first-order valence-electron chi connectivity index (χ1n) is 9.31. The van der Waals surface area contributed by atoms with Crippen molar-refractivity contribution in [3.63, 3.8) is 0 Å². The zero-order valence-corrected chi connectivity index (χ0v) is 15.9. The van der Waals surface area contributed by atoms with E-state index in [4.69, 9.17) is 0 Å². The van der Waals surface area contributed by atoms with Gasteiger partial charge < -0.3 is 10.2 Å². The van der Waals surface area contributed by atoms with Crippen LogP contribution in [0, 0.1) is 13.8 Å². The highest BCUT2D eigenvalue weighted by Gasteiger charge is 2.21. The normalized spacial score (nSPS) is 15.3. The number of benzene rings is 1. The van der Waals surface area contributed by atoms with Gasteiger partial charge in [-0.3, -0.25) is 19.5 Å². The van der Waals surface area contributed by atoms with Gasteiger partial charge in [0.25, 0.3) is 5.91 Å². The number of hydrogen-bond acceptors (Lipinski definition) is 4. The van der Waals surface area contributed by atoms with Gasteiger partial charge in [0.1, 0.15) is 0 Å². The second-order valence-corrected chi connectivity index (χ2v) is 7.02. The highest BCUT2D eigenvalue weighted by atomic mass is 16.2. The van der Waals surface area contributed by atoms with Crippen LogP contribution < -0.4 is 5.32 Å². The number of hydrogen-bond donors (Lipinski definition) is 1. The van der Waals surface area contributed by atoms with Crippen molar-refractivity contribution < 1.29 is 9.59 Å². The Morgan fingerprint density at radius 3 is 2.56 bits per heavy atom. The Kier molecular flexibility index (Phi) is 6.19. The van der Waals surface area contributed by atoms with Gasteiger partial charge in [-0.05, 0) is 44.0 Å². The third kappa shape index (κ3) is 5.14. The van der Waals surface area contributed by atoms with Crippen molar-refractivity contribution in [1.29, 1.82) is 0 Å². The summed E-state index contributed by atoms with van der Waals surface area (Å²) in [7, 11) is 0. The molecular formula is C21H26N4O2. The van der Waals surface area contributed by atoms with Crippen LogP contribution in [0.4, 0.5) is 5.69 Å². The van der Waals surface area contributed by atoms with Gasteiger partial charge in [-0.2, -0.15) is 0 Å². The average molecular weight is 366 g/mol. The molecule has 1 aliphatic rings. The molecule has 142 valence electrons. The molecule has 6 nitrogen and oxygen atoms in total. The molecular weight excluding hydrogens is 340 g/mol. The van der Waals surface area contributed by atoms with Gasteiger partial charge in [-0.25, -0.2) is 0 Å². The minimum Gasteiger partial charge on any atom is -0.337 e. The van der Waals surface area contributed by atoms with Crippen molar-refractivity contribution in [2.45, 2.75) is 20.3 Å². The number of carbonyl (C=O) groups excluding carboxylic acids is 2. The fraction of sp³-hybridized carbons (Fsp3) is 0.381. The van der Waals surface area contributed by atoms with Crippen LogP contribution in [-0.4, -0.2) is 59.3 Å². The maximum absolute atomic E-state index is 12.6. The topological polar surface area (TPSA) is 65.5 Å². The van der Waals surface area contributed by atoms with Gasteiger partial charge >= 0.3 is 0 Å². The number of anilines is 1. The molecule has 2 amide bonds. The molecule has 1 N–H and O–H groups in total. The Labute approximate surface area is 160 Å². The second kappa shape index (κ2) is 8.77. The Morgan fingerprint density at radius 2 is 1.81 bits per heavy atom. The first-order chi connectivity index (χ1) is 13.0. The first kappa shape index (κ1) is 19.0. The van der Waals surface area contributed by atoms with Gasteiger partial charge in [0.05, 0.1) is 6.54 Å². The quantitative estimate of drug-likeness (QED) is 0.903. The fourth-order valence-corrected chi connectivity index (χ4v) is 3.36. The van der Waals surface area contributed by atoms with E-state index in [1.165, 1.54) is 5.56 Å². The standard InChI is InChI=1S/C21H26N4O2/c1-16-4-5-19(17(2)14-16)23-20(26)15-24-10-3-11-25(13-12-24)21(27)18-6-8-22-9-7-18/h4-9,14H,3,10-13,15H2,1-2H3,(H,23,26). The predicted octanol–water partition coefficient (Wildman–Crippen LogP) is 2.49. The van der Waals surface area contributed by atoms with E-state index in [0.29, 0.717) is 31.7 Å². The lowest BCUT2D eigenvalue weighted by Crippen LogP contribution is -2.38. The molecule has 2 heterocycles. The third-order valence-electron chi connectivity index (χ3n) is 4.83. The van der Waals surface area contributed by atoms with Crippen LogP contribution in [0.15, 0.2) is 42.7 Å². The van der Waals surface area contributed by atoms with Crippen molar-refractivity contribution in [3.8, 4) is 0 Å². The molecule has 1 fully saturated rings. The van der Waals surface area contributed by atoms with Crippen LogP contribution >= 0.6 is 0 Å². The number of rotatable bonds is 4. The van der Waals surface area contributed by atoms with Crippen LogP contribution in [0.1, 0.15) is 27.9 Å². The molecule has 1 aliphatic heterocycles. The van der Waals surface area contributed by atoms with Gasteiger partial charge in [-0.1, -0.05) is 17.7 Å². The van der Waals surface area contributed by atoms with Crippen LogP contribution in [0.3, 0.4) is 0 Å². The van der Waals surface area contributed by atoms with Crippen LogP contribution in [0.25, 0.3) is 0 Å². The van der Waals surface area contributed by atoms with E-state index in [0.717, 1.165) is 24.2 Å². The van der Waals surface area contributed by atoms with E-state index < -0.39 is 0 Å². The highest BCUT2D eigenvalue weighted by Crippen LogP contribution is 2.16. The van der Waals surface area contributed by atoms with E-state index in [1.807, 2.05) is 30.9 Å². The van der Waals surface area contributed by atoms with Crippen LogP contribution in [0.2, 0.25) is 0 Å². The predicted molar refractivity (Wildman–Crippen MR) is 106 cm³/mol. The SMILES string of the molecule is Cc1ccc(NC(=O)CN2CCCN(C(=O)c3ccncc3)CC2)c(C)c1. The summed E-state index contributed by atoms with van der Waals surface area (Å²) in [6.45, 7) is 7.20. The Morgan fingerprint density at radius 1 is 1.04 bits per heavy atom. The molecule has 2 aromatic rings. The van der Waals surface area contributed by atoms with E-state index in [-0.39, 0.29) is 11.8 Å². The summed E-state index contributed by atoms with van der Waals surface area (Å²) in [5, 5.41) is 3.00. The Balaban J connectivity index is 1.53. The molecule has 0 radical (unpaired) electrons. The maximum atomic E-state index is 12.6. The monoisotopic (exact) mass is 366 g/mol. The van der Waals surface area contributed by atoms with E-state index >= 15 is 0 Å². The second-order valence-electron chi connectivity index (χ2n) is 7.02. The first-order valence-corrected chi connectivity index (χ1v) is 9.31. The maximum Gasteiger partial charge on any atom is 0.254 e. The molecule has 6 heteroatoms. The van der Waals surface area contributed by atoms with E-state index in [9.17, 15) is 9.59 Å². The van der Waals surface area contributed by atoms with Crippen molar-refractivity contribution in [1.82, 2.24) is 14.8 Å². The number of amides is 2. The van der Waals surface area contributed by atoms with Gasteiger partial charge in [-0.15, -0.1) is 0 Å². The molecule has 3 rings (SSSR count). The number of nitrogens with one attached hydrogen (secondary N) is 1. The smallest absolute Gasteiger partial charge is 0.254 e. The molecule has 0 atom stereocenters. The van der Waals surface area contributed by atoms with Crippen LogP contribution in [-0.2, 0) is 4.79 Å². The fourth-order valence-electron chi connectivity index (χ4n) is 3.36. The van der Waals surface area contributed by atoms with E-state index in [2.05, 4.69) is 21.3 Å². The molecule has 1 aromatic carbocycles. The molecule has 0 bridgehead atoms. The summed E-state index contributed by atoms with van der Waals surface area (Å²) in [5.41, 5.74) is 3.76. The van der Waals surface area contributed by atoms with Gasteiger partial charge in [0, 0.05) is 49.8 Å². The molecule has 27 heavy (non-hydrogen) atoms. The Hall–Kier alpha value is -2.73. The molecule has 1 aromatic heterocycles. The summed E-state index contributed by atoms with van der Waals surface area (Å²) in [6, 6.07) is 9.48. The van der Waals surface area contributed by atoms with Gasteiger partial charge in [0.2, 0.25) is 5.91 Å². The zero-order chi connectivity index (χ0) is 19.2. The number of aromatic nitrogens is 1. The largest absolute Gasteiger partial charge is 0.337 e. The molecule has 0 unspecified atom stereocenters. The van der Waals surface area contributed by atoms with Crippen molar-refractivity contribution in [2.24, 2.45) is 0 Å². The van der Waals surface area contributed by atoms with E-state index in [1.54, 1.807) is 24.5 Å². The Bertz CT molecular complexity index is 807. The van der Waals surface area contributed by atoms with Crippen LogP contribution in [0.5, 0.6) is 0 Å². The summed E-state index contributed by atoms with van der Waals surface area (Å²) in [6.07, 6.45) is 4.12. The van der Waals surface area contributed by atoms with Crippen molar-refractivity contribution in [3.05, 3.63) is 59.4 Å². The number of aryl methyl sites for hydroxylation is 2. The number of nitrogens with zero attached hydrogens (tertiary/aromatic N) is 3. The molecule has 0 spiro atoms. The summed E-state index contributed by atoms with van der Waals surface area (Å²) < 4.78 is 0. The lowest BCUT2D eigenvalue weighted by Gasteiger charge is -2.22.